The number of hydrogen-bond donors (Lipinski definition) is 0. The van der Waals surface area contributed by atoms with Gasteiger partial charge in [0.1, 0.15) is 5.82 Å². The maximum Gasteiger partial charge on any atom is 0.224 e. The molecule has 16 heavy (non-hydrogen) atoms. The van der Waals surface area contributed by atoms with Crippen LogP contribution in [0.1, 0.15) is 20.3 Å². The lowest BCUT2D eigenvalue weighted by atomic mass is 9.89. The first-order chi connectivity index (χ1) is 7.58. The van der Waals surface area contributed by atoms with E-state index < -0.39 is 0 Å². The van der Waals surface area contributed by atoms with E-state index in [2.05, 4.69) is 44.6 Å². The molecule has 1 aromatic heterocycles. The van der Waals surface area contributed by atoms with Gasteiger partial charge in [-0.2, -0.15) is 4.98 Å². The largest absolute Gasteiger partial charge is 0.355 e. The molecule has 0 N–H and O–H groups in total. The minimum atomic E-state index is 0.310. The van der Waals surface area contributed by atoms with Crippen LogP contribution < -0.4 is 4.90 Å². The van der Waals surface area contributed by atoms with Crippen LogP contribution in [0.5, 0.6) is 0 Å². The minimum absolute atomic E-state index is 0.310. The van der Waals surface area contributed by atoms with E-state index in [4.69, 9.17) is 11.6 Å². The highest BCUT2D eigenvalue weighted by Gasteiger charge is 2.24. The summed E-state index contributed by atoms with van der Waals surface area (Å²) in [6, 6.07) is 0. The van der Waals surface area contributed by atoms with Crippen LogP contribution >= 0.6 is 27.5 Å². The molecule has 1 aliphatic heterocycles. The zero-order valence-corrected chi connectivity index (χ0v) is 11.8. The Balaban J connectivity index is 2.21. The Morgan fingerprint density at radius 3 is 2.88 bits per heavy atom. The Labute approximate surface area is 109 Å². The molecule has 2 unspecified atom stereocenters. The van der Waals surface area contributed by atoms with E-state index in [1.54, 1.807) is 6.20 Å². The maximum absolute atomic E-state index is 5.83. The van der Waals surface area contributed by atoms with Crippen molar-refractivity contribution in [1.29, 1.82) is 0 Å². The fourth-order valence-corrected chi connectivity index (χ4v) is 2.58. The third-order valence-corrected chi connectivity index (χ3v) is 4.07. The molecule has 0 aliphatic carbocycles. The molecular formula is C11H15BrClN3. The first kappa shape index (κ1) is 12.1. The van der Waals surface area contributed by atoms with Crippen molar-refractivity contribution in [3.63, 3.8) is 0 Å². The molecule has 2 rings (SSSR count). The van der Waals surface area contributed by atoms with Gasteiger partial charge in [0.25, 0.3) is 0 Å². The lowest BCUT2D eigenvalue weighted by molar-refractivity contribution is 0.322. The predicted molar refractivity (Wildman–Crippen MR) is 69.9 cm³/mol. The Bertz CT molecular complexity index is 385. The SMILES string of the molecule is CC1CCN(c2nc(Cl)ncc2Br)CC1C. The molecule has 0 spiro atoms. The lowest BCUT2D eigenvalue weighted by Gasteiger charge is -2.36. The van der Waals surface area contributed by atoms with Crippen molar-refractivity contribution in [3.05, 3.63) is 16.0 Å². The molecule has 1 aromatic rings. The van der Waals surface area contributed by atoms with Crippen LogP contribution in [-0.4, -0.2) is 23.1 Å². The van der Waals surface area contributed by atoms with Crippen molar-refractivity contribution < 1.29 is 0 Å². The molecule has 0 saturated carbocycles. The normalized spacial score (nSPS) is 25.9. The summed E-state index contributed by atoms with van der Waals surface area (Å²) in [5, 5.41) is 0.310. The highest BCUT2D eigenvalue weighted by atomic mass is 79.9. The van der Waals surface area contributed by atoms with E-state index in [-0.39, 0.29) is 0 Å². The van der Waals surface area contributed by atoms with Gasteiger partial charge in [0.2, 0.25) is 5.28 Å². The van der Waals surface area contributed by atoms with Crippen molar-refractivity contribution in [3.8, 4) is 0 Å². The van der Waals surface area contributed by atoms with E-state index in [9.17, 15) is 0 Å². The molecule has 1 saturated heterocycles. The average Bonchev–Trinajstić information content (AvgIpc) is 2.26. The average molecular weight is 305 g/mol. The van der Waals surface area contributed by atoms with Gasteiger partial charge < -0.3 is 4.90 Å². The van der Waals surface area contributed by atoms with E-state index >= 15 is 0 Å². The number of rotatable bonds is 1. The van der Waals surface area contributed by atoms with Crippen LogP contribution in [0.4, 0.5) is 5.82 Å². The molecule has 0 radical (unpaired) electrons. The second kappa shape index (κ2) is 4.88. The highest BCUT2D eigenvalue weighted by molar-refractivity contribution is 9.10. The van der Waals surface area contributed by atoms with Gasteiger partial charge in [0.05, 0.1) is 4.47 Å². The standard InChI is InChI=1S/C11H15BrClN3/c1-7-3-4-16(6-8(7)2)10-9(12)5-14-11(13)15-10/h5,7-8H,3-4,6H2,1-2H3. The van der Waals surface area contributed by atoms with Crippen molar-refractivity contribution in [2.75, 3.05) is 18.0 Å². The quantitative estimate of drug-likeness (QED) is 0.745. The monoisotopic (exact) mass is 303 g/mol. The van der Waals surface area contributed by atoms with E-state index in [0.29, 0.717) is 11.2 Å². The number of nitrogens with zero attached hydrogens (tertiary/aromatic N) is 3. The summed E-state index contributed by atoms with van der Waals surface area (Å²) in [6.07, 6.45) is 2.92. The Kier molecular flexibility index (Phi) is 3.70. The van der Waals surface area contributed by atoms with Gasteiger partial charge >= 0.3 is 0 Å². The molecule has 0 aromatic carbocycles. The molecular weight excluding hydrogens is 289 g/mol. The summed E-state index contributed by atoms with van der Waals surface area (Å²) in [5.41, 5.74) is 0. The van der Waals surface area contributed by atoms with Gasteiger partial charge in [-0.15, -0.1) is 0 Å². The third-order valence-electron chi connectivity index (χ3n) is 3.33. The Hall–Kier alpha value is -0.350. The minimum Gasteiger partial charge on any atom is -0.355 e. The number of aromatic nitrogens is 2. The fraction of sp³-hybridized carbons (Fsp3) is 0.636. The molecule has 5 heteroatoms. The number of piperidine rings is 1. The molecule has 88 valence electrons. The van der Waals surface area contributed by atoms with Gasteiger partial charge in [-0.1, -0.05) is 13.8 Å². The van der Waals surface area contributed by atoms with E-state index in [1.807, 2.05) is 0 Å². The summed E-state index contributed by atoms with van der Waals surface area (Å²) in [7, 11) is 0. The Morgan fingerprint density at radius 1 is 1.44 bits per heavy atom. The molecule has 0 amide bonds. The summed E-state index contributed by atoms with van der Waals surface area (Å²) in [4.78, 5) is 10.5. The first-order valence-corrected chi connectivity index (χ1v) is 6.68. The van der Waals surface area contributed by atoms with E-state index in [0.717, 1.165) is 29.3 Å². The number of anilines is 1. The fourth-order valence-electron chi connectivity index (χ4n) is 2.01. The molecule has 0 bridgehead atoms. The van der Waals surface area contributed by atoms with E-state index in [1.165, 1.54) is 6.42 Å². The zero-order chi connectivity index (χ0) is 11.7. The van der Waals surface area contributed by atoms with Gasteiger partial charge in [0, 0.05) is 19.3 Å². The predicted octanol–water partition coefficient (Wildman–Crippen LogP) is 3.37. The Morgan fingerprint density at radius 2 is 2.19 bits per heavy atom. The second-order valence-corrected chi connectivity index (χ2v) is 5.69. The van der Waals surface area contributed by atoms with Crippen molar-refractivity contribution in [1.82, 2.24) is 9.97 Å². The highest BCUT2D eigenvalue weighted by Crippen LogP contribution is 2.30. The summed E-state index contributed by atoms with van der Waals surface area (Å²) < 4.78 is 0.915. The smallest absolute Gasteiger partial charge is 0.224 e. The van der Waals surface area contributed by atoms with Crippen molar-refractivity contribution >= 4 is 33.3 Å². The van der Waals surface area contributed by atoms with Crippen LogP contribution in [0.25, 0.3) is 0 Å². The van der Waals surface area contributed by atoms with Crippen molar-refractivity contribution in [2.45, 2.75) is 20.3 Å². The molecule has 3 nitrogen and oxygen atoms in total. The molecule has 2 heterocycles. The van der Waals surface area contributed by atoms with Gasteiger partial charge in [-0.05, 0) is 45.8 Å². The number of halogens is 2. The molecule has 1 aliphatic rings. The van der Waals surface area contributed by atoms with Gasteiger partial charge in [-0.3, -0.25) is 0 Å². The van der Waals surface area contributed by atoms with Crippen molar-refractivity contribution in [2.24, 2.45) is 11.8 Å². The molecule has 1 fully saturated rings. The topological polar surface area (TPSA) is 29.0 Å². The van der Waals surface area contributed by atoms with Crippen LogP contribution in [0.3, 0.4) is 0 Å². The summed E-state index contributed by atoms with van der Waals surface area (Å²) >= 11 is 9.31. The molecule has 2 atom stereocenters. The van der Waals surface area contributed by atoms with Crippen LogP contribution in [0, 0.1) is 11.8 Å². The van der Waals surface area contributed by atoms with Crippen LogP contribution in [0.2, 0.25) is 5.28 Å². The summed E-state index contributed by atoms with van der Waals surface area (Å²) in [5.74, 6) is 2.39. The van der Waals surface area contributed by atoms with Gasteiger partial charge in [0.15, 0.2) is 0 Å². The second-order valence-electron chi connectivity index (χ2n) is 4.50. The van der Waals surface area contributed by atoms with Gasteiger partial charge in [-0.25, -0.2) is 4.98 Å². The maximum atomic E-state index is 5.83. The van der Waals surface area contributed by atoms with Crippen LogP contribution in [0.15, 0.2) is 10.7 Å². The van der Waals surface area contributed by atoms with Crippen LogP contribution in [-0.2, 0) is 0 Å². The zero-order valence-electron chi connectivity index (χ0n) is 9.45. The lowest BCUT2D eigenvalue weighted by Crippen LogP contribution is -2.39. The first-order valence-electron chi connectivity index (χ1n) is 5.51. The summed E-state index contributed by atoms with van der Waals surface area (Å²) in [6.45, 7) is 6.67. The number of hydrogen-bond acceptors (Lipinski definition) is 3. The third kappa shape index (κ3) is 2.48.